The molecule has 4 heterocycles. The van der Waals surface area contributed by atoms with Crippen molar-refractivity contribution in [2.45, 2.75) is 19.9 Å². The maximum absolute atomic E-state index is 12.8. The summed E-state index contributed by atoms with van der Waals surface area (Å²) in [6.45, 7) is 3.01. The minimum atomic E-state index is -0.456. The number of thiophene rings is 2. The highest BCUT2D eigenvalue weighted by Gasteiger charge is 2.29. The van der Waals surface area contributed by atoms with Crippen LogP contribution in [0.4, 0.5) is 14.8 Å². The first-order valence-electron chi connectivity index (χ1n) is 11.1. The van der Waals surface area contributed by atoms with Gasteiger partial charge in [-0.1, -0.05) is 23.5 Å². The molecule has 5 rings (SSSR count). The molecule has 0 fully saturated rings. The van der Waals surface area contributed by atoms with Gasteiger partial charge in [-0.2, -0.15) is 0 Å². The number of carbonyl (C=O) groups excluding carboxylic acids is 2. The Morgan fingerprint density at radius 1 is 1.22 bits per heavy atom. The molecule has 0 radical (unpaired) electrons. The lowest BCUT2D eigenvalue weighted by atomic mass is 10.0. The molecule has 12 heteroatoms. The summed E-state index contributed by atoms with van der Waals surface area (Å²) in [5.41, 5.74) is 2.85. The van der Waals surface area contributed by atoms with E-state index < -0.39 is 4.92 Å². The number of benzene rings is 1. The number of para-hydroxylation sites is 1. The number of nitro groups is 1. The van der Waals surface area contributed by atoms with Crippen LogP contribution < -0.4 is 5.32 Å². The molecule has 0 aliphatic carbocycles. The van der Waals surface area contributed by atoms with Crippen LogP contribution in [0, 0.1) is 10.1 Å². The van der Waals surface area contributed by atoms with Crippen molar-refractivity contribution in [2.24, 2.45) is 0 Å². The van der Waals surface area contributed by atoms with Crippen molar-refractivity contribution in [1.82, 2.24) is 9.88 Å². The third-order valence-electron chi connectivity index (χ3n) is 5.52. The van der Waals surface area contributed by atoms with Gasteiger partial charge in [0.25, 0.3) is 0 Å². The van der Waals surface area contributed by atoms with Gasteiger partial charge >= 0.3 is 11.1 Å². The van der Waals surface area contributed by atoms with Gasteiger partial charge in [-0.3, -0.25) is 14.9 Å². The molecule has 0 unspecified atom stereocenters. The quantitative estimate of drug-likeness (QED) is 0.178. The lowest BCUT2D eigenvalue weighted by Crippen LogP contribution is -2.35. The number of fused-ring (bicyclic) bond motifs is 2. The maximum atomic E-state index is 12.8. The number of thiazole rings is 1. The van der Waals surface area contributed by atoms with E-state index in [1.807, 2.05) is 24.3 Å². The fourth-order valence-electron chi connectivity index (χ4n) is 3.91. The van der Waals surface area contributed by atoms with Crippen LogP contribution in [-0.4, -0.2) is 40.0 Å². The zero-order valence-electron chi connectivity index (χ0n) is 19.1. The summed E-state index contributed by atoms with van der Waals surface area (Å²) in [5.74, 6) is -0.353. The molecule has 1 aliphatic heterocycles. The molecule has 36 heavy (non-hydrogen) atoms. The van der Waals surface area contributed by atoms with Crippen LogP contribution in [0.25, 0.3) is 26.9 Å². The Morgan fingerprint density at radius 3 is 2.81 bits per heavy atom. The first-order valence-corrected chi connectivity index (χ1v) is 13.5. The van der Waals surface area contributed by atoms with Gasteiger partial charge in [-0.05, 0) is 43.2 Å². The Balaban J connectivity index is 1.46. The van der Waals surface area contributed by atoms with Crippen molar-refractivity contribution < 1.29 is 19.2 Å². The molecule has 0 bridgehead atoms. The van der Waals surface area contributed by atoms with Crippen molar-refractivity contribution in [3.8, 4) is 10.6 Å². The Bertz CT molecular complexity index is 1470. The Kier molecular flexibility index (Phi) is 6.81. The summed E-state index contributed by atoms with van der Waals surface area (Å²) in [6, 6.07) is 10.9. The normalized spacial score (nSPS) is 13.2. The Labute approximate surface area is 217 Å². The fraction of sp³-hybridized carbons (Fsp3) is 0.208. The SMILES string of the molecule is CCOC(=O)N1CCc2c(sc(NC(=O)/C=C/c3ccc([N+](=O)[O-])s3)c2-c2nc3ccccc3s2)C1. The van der Waals surface area contributed by atoms with Gasteiger partial charge in [0.1, 0.15) is 10.0 Å². The first kappa shape index (κ1) is 24.1. The van der Waals surface area contributed by atoms with E-state index in [2.05, 4.69) is 5.32 Å². The van der Waals surface area contributed by atoms with Crippen LogP contribution in [0.1, 0.15) is 22.2 Å². The van der Waals surface area contributed by atoms with Crippen LogP contribution >= 0.6 is 34.0 Å². The van der Waals surface area contributed by atoms with Crippen LogP contribution in [-0.2, 0) is 22.5 Å². The van der Waals surface area contributed by atoms with Gasteiger partial charge in [0, 0.05) is 34.0 Å². The molecule has 9 nitrogen and oxygen atoms in total. The third-order valence-corrected chi connectivity index (χ3v) is 8.71. The summed E-state index contributed by atoms with van der Waals surface area (Å²) >= 11 is 3.99. The van der Waals surface area contributed by atoms with Crippen LogP contribution in [0.3, 0.4) is 0 Å². The average Bonchev–Trinajstić information content (AvgIpc) is 3.58. The molecule has 4 aromatic rings. The van der Waals surface area contributed by atoms with Crippen LogP contribution in [0.2, 0.25) is 0 Å². The molecule has 0 spiro atoms. The fourth-order valence-corrected chi connectivity index (χ4v) is 7.01. The molecule has 2 amide bonds. The minimum absolute atomic E-state index is 0.0188. The number of amides is 2. The van der Waals surface area contributed by atoms with E-state index in [-0.39, 0.29) is 17.0 Å². The van der Waals surface area contributed by atoms with E-state index in [0.29, 0.717) is 36.0 Å². The van der Waals surface area contributed by atoms with Gasteiger partial charge in [0.15, 0.2) is 0 Å². The van der Waals surface area contributed by atoms with E-state index in [1.54, 1.807) is 35.3 Å². The lowest BCUT2D eigenvalue weighted by molar-refractivity contribution is -0.380. The van der Waals surface area contributed by atoms with Crippen LogP contribution in [0.5, 0.6) is 0 Å². The van der Waals surface area contributed by atoms with Gasteiger partial charge in [-0.15, -0.1) is 22.7 Å². The summed E-state index contributed by atoms with van der Waals surface area (Å²) in [4.78, 5) is 43.7. The first-order chi connectivity index (χ1) is 17.4. The second-order valence-electron chi connectivity index (χ2n) is 7.82. The van der Waals surface area contributed by atoms with E-state index >= 15 is 0 Å². The van der Waals surface area contributed by atoms with Crippen LogP contribution in [0.15, 0.2) is 42.5 Å². The number of nitrogens with zero attached hydrogens (tertiary/aromatic N) is 3. The average molecular weight is 541 g/mol. The monoisotopic (exact) mass is 540 g/mol. The van der Waals surface area contributed by atoms with Gasteiger partial charge in [0.05, 0.1) is 28.3 Å². The molecule has 3 aromatic heterocycles. The summed E-state index contributed by atoms with van der Waals surface area (Å²) in [6.07, 6.45) is 3.19. The van der Waals surface area contributed by atoms with Gasteiger partial charge < -0.3 is 15.0 Å². The van der Waals surface area contributed by atoms with E-state index in [1.165, 1.54) is 23.5 Å². The zero-order valence-corrected chi connectivity index (χ0v) is 21.5. The number of ether oxygens (including phenoxy) is 1. The smallest absolute Gasteiger partial charge is 0.410 e. The highest BCUT2D eigenvalue weighted by Crippen LogP contribution is 2.45. The van der Waals surface area contributed by atoms with E-state index in [0.717, 1.165) is 42.6 Å². The molecule has 0 saturated carbocycles. The van der Waals surface area contributed by atoms with Crippen molar-refractivity contribution >= 4 is 72.3 Å². The maximum Gasteiger partial charge on any atom is 0.410 e. The second kappa shape index (κ2) is 10.2. The predicted molar refractivity (Wildman–Crippen MR) is 143 cm³/mol. The third kappa shape index (κ3) is 4.87. The number of carbonyl (C=O) groups is 2. The highest BCUT2D eigenvalue weighted by atomic mass is 32.1. The van der Waals surface area contributed by atoms with Crippen molar-refractivity contribution in [1.29, 1.82) is 0 Å². The highest BCUT2D eigenvalue weighted by molar-refractivity contribution is 7.23. The molecule has 0 saturated heterocycles. The van der Waals surface area contributed by atoms with Crippen molar-refractivity contribution in [2.75, 3.05) is 18.5 Å². The lowest BCUT2D eigenvalue weighted by Gasteiger charge is -2.26. The van der Waals surface area contributed by atoms with Crippen molar-refractivity contribution in [3.63, 3.8) is 0 Å². The number of hydrogen-bond acceptors (Lipinski definition) is 9. The predicted octanol–water partition coefficient (Wildman–Crippen LogP) is 6.16. The molecule has 0 atom stereocenters. The molecular weight excluding hydrogens is 520 g/mol. The van der Waals surface area contributed by atoms with Gasteiger partial charge in [0.2, 0.25) is 5.91 Å². The van der Waals surface area contributed by atoms with E-state index in [9.17, 15) is 19.7 Å². The number of aromatic nitrogens is 1. The topological polar surface area (TPSA) is 115 Å². The Morgan fingerprint density at radius 2 is 2.06 bits per heavy atom. The largest absolute Gasteiger partial charge is 0.450 e. The van der Waals surface area contributed by atoms with Crippen molar-refractivity contribution in [3.05, 3.63) is 67.9 Å². The second-order valence-corrected chi connectivity index (χ2v) is 11.1. The number of nitrogens with one attached hydrogen (secondary N) is 1. The zero-order chi connectivity index (χ0) is 25.2. The molecular formula is C24H20N4O5S3. The molecule has 184 valence electrons. The number of anilines is 1. The van der Waals surface area contributed by atoms with E-state index in [4.69, 9.17) is 9.72 Å². The Hall–Kier alpha value is -3.61. The summed E-state index contributed by atoms with van der Waals surface area (Å²) < 4.78 is 6.22. The molecule has 1 aliphatic rings. The standard InChI is InChI=1S/C24H20N4O5S3/c1-2-33-24(30)27-12-11-15-18(13-27)36-23(21(15)22-25-16-5-3-4-6-17(16)35-22)26-19(29)9-7-14-8-10-20(34-14)28(31)32/h3-10H,2,11-13H2,1H3,(H,26,29)/b9-7+. The van der Waals surface area contributed by atoms with Gasteiger partial charge in [-0.25, -0.2) is 9.78 Å². The number of hydrogen-bond donors (Lipinski definition) is 1. The number of rotatable bonds is 6. The summed E-state index contributed by atoms with van der Waals surface area (Å²) in [5, 5.41) is 15.4. The summed E-state index contributed by atoms with van der Waals surface area (Å²) in [7, 11) is 0. The minimum Gasteiger partial charge on any atom is -0.450 e. The molecule has 1 N–H and O–H groups in total. The molecule has 1 aromatic carbocycles.